The van der Waals surface area contributed by atoms with Crippen molar-refractivity contribution in [3.8, 4) is 11.5 Å². The third-order valence-electron chi connectivity index (χ3n) is 3.34. The maximum atomic E-state index is 12.0. The van der Waals surface area contributed by atoms with E-state index in [2.05, 4.69) is 10.6 Å². The van der Waals surface area contributed by atoms with E-state index in [9.17, 15) is 9.59 Å². The molecule has 0 aliphatic heterocycles. The van der Waals surface area contributed by atoms with Gasteiger partial charge in [0.1, 0.15) is 17.3 Å². The number of amides is 2. The molecule has 0 aliphatic carbocycles. The van der Waals surface area contributed by atoms with Crippen LogP contribution < -0.4 is 20.1 Å². The molecule has 0 unspecified atom stereocenters. The summed E-state index contributed by atoms with van der Waals surface area (Å²) in [7, 11) is 2.96. The summed E-state index contributed by atoms with van der Waals surface area (Å²) in [5, 5.41) is 5.66. The largest absolute Gasteiger partial charge is 0.495 e. The number of benzene rings is 1. The molecule has 0 aliphatic rings. The zero-order chi connectivity index (χ0) is 18.9. The number of hydrogen-bond acceptors (Lipinski definition) is 5. The molecule has 2 amide bonds. The summed E-state index contributed by atoms with van der Waals surface area (Å²) < 4.78 is 15.4. The summed E-state index contributed by atoms with van der Waals surface area (Å²) in [6.07, 6.45) is 4.48. The highest BCUT2D eigenvalue weighted by atomic mass is 35.5. The van der Waals surface area contributed by atoms with Crippen molar-refractivity contribution in [1.29, 1.82) is 0 Å². The standard InChI is InChI=1S/C18H19ClN2O5/c1-24-15-11-16(25-2)14(10-13(15)19)21-18(23)7-8-20-17(22)6-5-12-4-3-9-26-12/h3-6,9-11H,7-8H2,1-2H3,(H,20,22)(H,21,23)/b6-5+. The molecule has 0 saturated heterocycles. The van der Waals surface area contributed by atoms with Gasteiger partial charge >= 0.3 is 0 Å². The summed E-state index contributed by atoms with van der Waals surface area (Å²) in [6.45, 7) is 0.180. The number of methoxy groups -OCH3 is 2. The summed E-state index contributed by atoms with van der Waals surface area (Å²) in [6, 6.07) is 6.58. The Morgan fingerprint density at radius 3 is 2.65 bits per heavy atom. The fourth-order valence-electron chi connectivity index (χ4n) is 2.07. The highest BCUT2D eigenvalue weighted by Gasteiger charge is 2.12. The molecule has 1 aromatic heterocycles. The van der Waals surface area contributed by atoms with Gasteiger partial charge in [-0.1, -0.05) is 11.6 Å². The van der Waals surface area contributed by atoms with Crippen LogP contribution in [0.15, 0.2) is 41.0 Å². The van der Waals surface area contributed by atoms with Crippen LogP contribution in [0.2, 0.25) is 5.02 Å². The van der Waals surface area contributed by atoms with Gasteiger partial charge in [-0.3, -0.25) is 9.59 Å². The summed E-state index contributed by atoms with van der Waals surface area (Å²) in [5.41, 5.74) is 0.423. The van der Waals surface area contributed by atoms with Crippen molar-refractivity contribution in [2.75, 3.05) is 26.1 Å². The van der Waals surface area contributed by atoms with Crippen LogP contribution in [-0.2, 0) is 9.59 Å². The van der Waals surface area contributed by atoms with E-state index in [1.807, 2.05) is 0 Å². The van der Waals surface area contributed by atoms with Gasteiger partial charge < -0.3 is 24.5 Å². The van der Waals surface area contributed by atoms with Crippen LogP contribution in [-0.4, -0.2) is 32.6 Å². The summed E-state index contributed by atoms with van der Waals surface area (Å²) in [5.74, 6) is 0.822. The average Bonchev–Trinajstić information content (AvgIpc) is 3.14. The van der Waals surface area contributed by atoms with Gasteiger partial charge in [-0.2, -0.15) is 0 Å². The minimum atomic E-state index is -0.320. The van der Waals surface area contributed by atoms with E-state index in [0.29, 0.717) is 28.0 Å². The minimum Gasteiger partial charge on any atom is -0.495 e. The Labute approximate surface area is 155 Å². The third kappa shape index (κ3) is 5.56. The molecule has 2 N–H and O–H groups in total. The Kier molecular flexibility index (Phi) is 7.11. The van der Waals surface area contributed by atoms with Crippen molar-refractivity contribution < 1.29 is 23.5 Å². The molecule has 0 atom stereocenters. The first-order valence-corrected chi connectivity index (χ1v) is 8.12. The Bertz CT molecular complexity index is 787. The quantitative estimate of drug-likeness (QED) is 0.689. The van der Waals surface area contributed by atoms with Gasteiger partial charge in [0.25, 0.3) is 0 Å². The van der Waals surface area contributed by atoms with Crippen molar-refractivity contribution in [2.45, 2.75) is 6.42 Å². The number of ether oxygens (including phenoxy) is 2. The first-order chi connectivity index (χ1) is 12.5. The van der Waals surface area contributed by atoms with E-state index >= 15 is 0 Å². The Balaban J connectivity index is 1.83. The Morgan fingerprint density at radius 2 is 2.00 bits per heavy atom. The van der Waals surface area contributed by atoms with Crippen LogP contribution in [0.5, 0.6) is 11.5 Å². The topological polar surface area (TPSA) is 89.8 Å². The fraction of sp³-hybridized carbons (Fsp3) is 0.222. The molecule has 0 spiro atoms. The lowest BCUT2D eigenvalue weighted by molar-refractivity contribution is -0.117. The Morgan fingerprint density at radius 1 is 1.23 bits per heavy atom. The van der Waals surface area contributed by atoms with Gasteiger partial charge in [-0.05, 0) is 24.3 Å². The van der Waals surface area contributed by atoms with Crippen molar-refractivity contribution >= 4 is 35.2 Å². The minimum absolute atomic E-state index is 0.0904. The van der Waals surface area contributed by atoms with Crippen LogP contribution in [0.1, 0.15) is 12.2 Å². The summed E-state index contributed by atoms with van der Waals surface area (Å²) >= 11 is 6.06. The van der Waals surface area contributed by atoms with Crippen LogP contribution in [0.4, 0.5) is 5.69 Å². The van der Waals surface area contributed by atoms with E-state index in [4.69, 9.17) is 25.5 Å². The second kappa shape index (κ2) is 9.53. The lowest BCUT2D eigenvalue weighted by atomic mass is 10.2. The molecule has 1 aromatic carbocycles. The van der Waals surface area contributed by atoms with E-state index in [-0.39, 0.29) is 24.8 Å². The SMILES string of the molecule is COc1cc(OC)c(NC(=O)CCNC(=O)/C=C/c2ccco2)cc1Cl. The normalized spacial score (nSPS) is 10.6. The van der Waals surface area contributed by atoms with E-state index < -0.39 is 0 Å². The van der Waals surface area contributed by atoms with Crippen LogP contribution in [0, 0.1) is 0 Å². The number of furan rings is 1. The van der Waals surface area contributed by atoms with Gasteiger partial charge in [-0.15, -0.1) is 0 Å². The fourth-order valence-corrected chi connectivity index (χ4v) is 2.31. The van der Waals surface area contributed by atoms with Crippen LogP contribution in [0.3, 0.4) is 0 Å². The maximum absolute atomic E-state index is 12.0. The average molecular weight is 379 g/mol. The molecule has 26 heavy (non-hydrogen) atoms. The molecular formula is C18H19ClN2O5. The van der Waals surface area contributed by atoms with Gasteiger partial charge in [-0.25, -0.2) is 0 Å². The third-order valence-corrected chi connectivity index (χ3v) is 3.64. The van der Waals surface area contributed by atoms with E-state index in [1.54, 1.807) is 30.3 Å². The molecule has 2 rings (SSSR count). The molecule has 0 fully saturated rings. The predicted octanol–water partition coefficient (Wildman–Crippen LogP) is 3.11. The summed E-state index contributed by atoms with van der Waals surface area (Å²) in [4.78, 5) is 23.7. The zero-order valence-electron chi connectivity index (χ0n) is 14.4. The predicted molar refractivity (Wildman–Crippen MR) is 98.6 cm³/mol. The van der Waals surface area contributed by atoms with E-state index in [0.717, 1.165) is 0 Å². The second-order valence-corrected chi connectivity index (χ2v) is 5.53. The number of anilines is 1. The number of carbonyl (C=O) groups excluding carboxylic acids is 2. The smallest absolute Gasteiger partial charge is 0.244 e. The maximum Gasteiger partial charge on any atom is 0.244 e. The van der Waals surface area contributed by atoms with Crippen molar-refractivity contribution in [1.82, 2.24) is 5.32 Å². The van der Waals surface area contributed by atoms with Gasteiger partial charge in [0.05, 0.1) is 31.2 Å². The first kappa shape index (κ1) is 19.4. The van der Waals surface area contributed by atoms with Gasteiger partial charge in [0.2, 0.25) is 11.8 Å². The zero-order valence-corrected chi connectivity index (χ0v) is 15.1. The highest BCUT2D eigenvalue weighted by Crippen LogP contribution is 2.35. The van der Waals surface area contributed by atoms with Gasteiger partial charge in [0.15, 0.2) is 0 Å². The lowest BCUT2D eigenvalue weighted by Crippen LogP contribution is -2.26. The highest BCUT2D eigenvalue weighted by molar-refractivity contribution is 6.32. The van der Waals surface area contributed by atoms with E-state index in [1.165, 1.54) is 26.6 Å². The molecule has 138 valence electrons. The van der Waals surface area contributed by atoms with Crippen molar-refractivity contribution in [3.05, 3.63) is 47.4 Å². The molecule has 0 radical (unpaired) electrons. The first-order valence-electron chi connectivity index (χ1n) is 7.74. The molecule has 0 saturated carbocycles. The second-order valence-electron chi connectivity index (χ2n) is 5.12. The Hall–Kier alpha value is -2.93. The van der Waals surface area contributed by atoms with Crippen LogP contribution >= 0.6 is 11.6 Å². The molecule has 7 nitrogen and oxygen atoms in total. The molecule has 8 heteroatoms. The molecular weight excluding hydrogens is 360 g/mol. The molecule has 1 heterocycles. The number of hydrogen-bond donors (Lipinski definition) is 2. The number of rotatable bonds is 8. The number of nitrogens with one attached hydrogen (secondary N) is 2. The molecule has 0 bridgehead atoms. The van der Waals surface area contributed by atoms with Crippen molar-refractivity contribution in [3.63, 3.8) is 0 Å². The van der Waals surface area contributed by atoms with Crippen LogP contribution in [0.25, 0.3) is 6.08 Å². The number of carbonyl (C=O) groups is 2. The number of halogens is 1. The molecule has 2 aromatic rings. The van der Waals surface area contributed by atoms with Crippen molar-refractivity contribution in [2.24, 2.45) is 0 Å². The lowest BCUT2D eigenvalue weighted by Gasteiger charge is -2.13. The van der Waals surface area contributed by atoms with Gasteiger partial charge in [0, 0.05) is 25.1 Å². The monoisotopic (exact) mass is 378 g/mol.